The molecule has 5 heteroatoms. The number of hydrogen-bond donors (Lipinski definition) is 1. The lowest BCUT2D eigenvalue weighted by atomic mass is 10.2. The van der Waals surface area contributed by atoms with Gasteiger partial charge in [-0.3, -0.25) is 0 Å². The minimum Gasteiger partial charge on any atom is -0.393 e. The predicted octanol–water partition coefficient (Wildman–Crippen LogP) is 2.59. The van der Waals surface area contributed by atoms with Crippen LogP contribution in [0.3, 0.4) is 0 Å². The van der Waals surface area contributed by atoms with Crippen LogP contribution in [-0.4, -0.2) is 23.5 Å². The van der Waals surface area contributed by atoms with Gasteiger partial charge >= 0.3 is 0 Å². The van der Waals surface area contributed by atoms with Crippen molar-refractivity contribution in [1.82, 2.24) is 4.90 Å². The highest BCUT2D eigenvalue weighted by Crippen LogP contribution is 2.15. The average Bonchev–Trinajstić information content (AvgIpc) is 2.19. The van der Waals surface area contributed by atoms with Crippen LogP contribution >= 0.6 is 23.8 Å². The molecule has 0 atom stereocenters. The van der Waals surface area contributed by atoms with Crippen LogP contribution in [0.1, 0.15) is 12.0 Å². The van der Waals surface area contributed by atoms with Crippen molar-refractivity contribution in [2.24, 2.45) is 5.73 Å². The molecule has 1 rings (SSSR count). The molecule has 0 aliphatic carbocycles. The van der Waals surface area contributed by atoms with Gasteiger partial charge in [0.05, 0.1) is 4.99 Å². The van der Waals surface area contributed by atoms with Crippen LogP contribution in [0.4, 0.5) is 4.39 Å². The Morgan fingerprint density at radius 2 is 2.25 bits per heavy atom. The fourth-order valence-corrected chi connectivity index (χ4v) is 1.57. The highest BCUT2D eigenvalue weighted by atomic mass is 35.5. The van der Waals surface area contributed by atoms with Crippen LogP contribution in [0, 0.1) is 5.82 Å². The molecule has 2 nitrogen and oxygen atoms in total. The van der Waals surface area contributed by atoms with Crippen molar-refractivity contribution >= 4 is 28.8 Å². The summed E-state index contributed by atoms with van der Waals surface area (Å²) in [6, 6.07) is 4.69. The summed E-state index contributed by atoms with van der Waals surface area (Å²) in [6.07, 6.45) is 0.640. The number of hydrogen-bond acceptors (Lipinski definition) is 2. The van der Waals surface area contributed by atoms with E-state index < -0.39 is 0 Å². The number of nitrogens with zero attached hydrogens (tertiary/aromatic N) is 1. The van der Waals surface area contributed by atoms with Crippen molar-refractivity contribution in [2.75, 3.05) is 13.6 Å². The average molecular weight is 261 g/mol. The van der Waals surface area contributed by atoms with E-state index in [0.717, 1.165) is 6.54 Å². The first kappa shape index (κ1) is 13.4. The van der Waals surface area contributed by atoms with Gasteiger partial charge in [-0.2, -0.15) is 0 Å². The van der Waals surface area contributed by atoms with Crippen molar-refractivity contribution in [3.8, 4) is 0 Å². The quantitative estimate of drug-likeness (QED) is 0.826. The van der Waals surface area contributed by atoms with E-state index in [1.807, 2.05) is 11.9 Å². The van der Waals surface area contributed by atoms with E-state index in [0.29, 0.717) is 28.5 Å². The Balaban J connectivity index is 2.55. The summed E-state index contributed by atoms with van der Waals surface area (Å²) in [4.78, 5) is 2.44. The fourth-order valence-electron chi connectivity index (χ4n) is 1.32. The summed E-state index contributed by atoms with van der Waals surface area (Å²) in [6.45, 7) is 1.24. The molecule has 0 spiro atoms. The van der Waals surface area contributed by atoms with E-state index in [1.165, 1.54) is 6.07 Å². The smallest absolute Gasteiger partial charge is 0.129 e. The van der Waals surface area contributed by atoms with Gasteiger partial charge in [0.2, 0.25) is 0 Å². The van der Waals surface area contributed by atoms with E-state index in [2.05, 4.69) is 0 Å². The van der Waals surface area contributed by atoms with Crippen molar-refractivity contribution in [3.05, 3.63) is 34.6 Å². The summed E-state index contributed by atoms with van der Waals surface area (Å²) in [5.41, 5.74) is 6.02. The summed E-state index contributed by atoms with van der Waals surface area (Å²) in [5.74, 6) is -0.283. The SMILES string of the molecule is CN(CCC(N)=S)Cc1ccc(Cl)cc1F. The molecule has 1 aromatic carbocycles. The molecule has 2 N–H and O–H groups in total. The molecule has 0 aliphatic rings. The molecule has 0 aliphatic heterocycles. The van der Waals surface area contributed by atoms with Gasteiger partial charge in [0.25, 0.3) is 0 Å². The molecule has 0 radical (unpaired) electrons. The van der Waals surface area contributed by atoms with Gasteiger partial charge in [-0.25, -0.2) is 4.39 Å². The zero-order chi connectivity index (χ0) is 12.1. The number of nitrogens with two attached hydrogens (primary N) is 1. The first-order chi connectivity index (χ1) is 7.49. The highest BCUT2D eigenvalue weighted by molar-refractivity contribution is 7.80. The molecule has 1 aromatic rings. The number of halogens is 2. The Bertz CT molecular complexity index is 384. The van der Waals surface area contributed by atoms with E-state index in [1.54, 1.807) is 12.1 Å². The zero-order valence-corrected chi connectivity index (χ0v) is 10.6. The Hall–Kier alpha value is -0.710. The van der Waals surface area contributed by atoms with Gasteiger partial charge in [-0.15, -0.1) is 0 Å². The van der Waals surface area contributed by atoms with Gasteiger partial charge in [-0.1, -0.05) is 29.9 Å². The van der Waals surface area contributed by atoms with E-state index in [-0.39, 0.29) is 5.82 Å². The molecular formula is C11H14ClFN2S. The monoisotopic (exact) mass is 260 g/mol. The predicted molar refractivity (Wildman–Crippen MR) is 69.1 cm³/mol. The van der Waals surface area contributed by atoms with Gasteiger partial charge in [0.1, 0.15) is 5.82 Å². The Morgan fingerprint density at radius 1 is 1.56 bits per heavy atom. The van der Waals surface area contributed by atoms with E-state index >= 15 is 0 Å². The molecule has 16 heavy (non-hydrogen) atoms. The number of thiocarbonyl (C=S) groups is 1. The van der Waals surface area contributed by atoms with Crippen molar-refractivity contribution in [1.29, 1.82) is 0 Å². The maximum Gasteiger partial charge on any atom is 0.129 e. The summed E-state index contributed by atoms with van der Waals surface area (Å²) in [5, 5.41) is 0.409. The Morgan fingerprint density at radius 3 is 2.81 bits per heavy atom. The lowest BCUT2D eigenvalue weighted by molar-refractivity contribution is 0.331. The summed E-state index contributed by atoms with van der Waals surface area (Å²) >= 11 is 10.4. The van der Waals surface area contributed by atoms with Gasteiger partial charge in [0.15, 0.2) is 0 Å². The molecule has 0 unspecified atom stereocenters. The Kier molecular flexibility index (Phi) is 5.12. The van der Waals surface area contributed by atoms with Crippen LogP contribution in [0.5, 0.6) is 0 Å². The number of benzene rings is 1. The van der Waals surface area contributed by atoms with E-state index in [4.69, 9.17) is 29.6 Å². The third kappa shape index (κ3) is 4.43. The van der Waals surface area contributed by atoms with Crippen LogP contribution in [0.25, 0.3) is 0 Å². The summed E-state index contributed by atoms with van der Waals surface area (Å²) < 4.78 is 13.4. The Labute approximate surface area is 105 Å². The first-order valence-electron chi connectivity index (χ1n) is 4.90. The molecule has 88 valence electrons. The zero-order valence-electron chi connectivity index (χ0n) is 9.04. The van der Waals surface area contributed by atoms with Crippen molar-refractivity contribution < 1.29 is 4.39 Å². The second-order valence-corrected chi connectivity index (χ2v) is 4.65. The van der Waals surface area contributed by atoms with E-state index in [9.17, 15) is 4.39 Å². The molecule has 0 bridgehead atoms. The van der Waals surface area contributed by atoms with Crippen LogP contribution in [0.15, 0.2) is 18.2 Å². The minimum atomic E-state index is -0.283. The normalized spacial score (nSPS) is 10.8. The topological polar surface area (TPSA) is 29.3 Å². The third-order valence-electron chi connectivity index (χ3n) is 2.20. The van der Waals surface area contributed by atoms with Crippen molar-refractivity contribution in [3.63, 3.8) is 0 Å². The second kappa shape index (κ2) is 6.13. The summed E-state index contributed by atoms with van der Waals surface area (Å²) in [7, 11) is 1.90. The largest absolute Gasteiger partial charge is 0.393 e. The molecule has 0 saturated heterocycles. The fraction of sp³-hybridized carbons (Fsp3) is 0.364. The lowest BCUT2D eigenvalue weighted by Gasteiger charge is -2.16. The maximum atomic E-state index is 13.4. The van der Waals surface area contributed by atoms with Crippen LogP contribution in [0.2, 0.25) is 5.02 Å². The molecule has 0 heterocycles. The van der Waals surface area contributed by atoms with Crippen molar-refractivity contribution in [2.45, 2.75) is 13.0 Å². The third-order valence-corrected chi connectivity index (χ3v) is 2.63. The molecule has 0 fully saturated rings. The standard InChI is InChI=1S/C11H14ClFN2S/c1-15(5-4-11(14)16)7-8-2-3-9(12)6-10(8)13/h2-3,6H,4-5,7H2,1H3,(H2,14,16). The van der Waals surface area contributed by atoms with Gasteiger partial charge in [-0.05, 0) is 19.2 Å². The lowest BCUT2D eigenvalue weighted by Crippen LogP contribution is -2.23. The van der Waals surface area contributed by atoms with Gasteiger partial charge in [0, 0.05) is 30.1 Å². The molecule has 0 amide bonds. The number of rotatable bonds is 5. The van der Waals surface area contributed by atoms with Crippen LogP contribution in [-0.2, 0) is 6.54 Å². The highest BCUT2D eigenvalue weighted by Gasteiger charge is 2.06. The molecule has 0 saturated carbocycles. The molecule has 0 aromatic heterocycles. The van der Waals surface area contributed by atoms with Gasteiger partial charge < -0.3 is 10.6 Å². The minimum absolute atomic E-state index is 0.283. The van der Waals surface area contributed by atoms with Crippen LogP contribution < -0.4 is 5.73 Å². The maximum absolute atomic E-state index is 13.4. The first-order valence-corrected chi connectivity index (χ1v) is 5.68. The second-order valence-electron chi connectivity index (χ2n) is 3.69. The molecular weight excluding hydrogens is 247 g/mol.